The second kappa shape index (κ2) is 3.57. The summed E-state index contributed by atoms with van der Waals surface area (Å²) in [6.07, 6.45) is 8.56. The Bertz CT molecular complexity index is 255. The van der Waals surface area contributed by atoms with Crippen LogP contribution in [0.3, 0.4) is 0 Å². The molecule has 62 valence electrons. The number of rotatable bonds is 3. The summed E-state index contributed by atoms with van der Waals surface area (Å²) < 4.78 is 0. The molecule has 1 fully saturated rings. The largest absolute Gasteiger partial charge is 0.0851 e. The van der Waals surface area contributed by atoms with Crippen molar-refractivity contribution in [2.75, 3.05) is 0 Å². The Morgan fingerprint density at radius 3 is 2.58 bits per heavy atom. The minimum Gasteiger partial charge on any atom is -0.0851 e. The monoisotopic (exact) mass is 158 g/mol. The lowest BCUT2D eigenvalue weighted by molar-refractivity contribution is 1.10. The molecule has 0 radical (unpaired) electrons. The van der Waals surface area contributed by atoms with Crippen molar-refractivity contribution in [1.82, 2.24) is 0 Å². The van der Waals surface area contributed by atoms with Gasteiger partial charge in [0.1, 0.15) is 0 Å². The van der Waals surface area contributed by atoms with Crippen molar-refractivity contribution in [3.63, 3.8) is 0 Å². The lowest BCUT2D eigenvalue weighted by Crippen LogP contribution is -1.78. The van der Waals surface area contributed by atoms with Crippen LogP contribution in [0, 0.1) is 5.92 Å². The molecule has 0 N–H and O–H groups in total. The van der Waals surface area contributed by atoms with Crippen LogP contribution in [0.5, 0.6) is 0 Å². The molecule has 0 aromatic heterocycles. The first-order valence-electron chi connectivity index (χ1n) is 4.66. The third kappa shape index (κ3) is 2.23. The molecule has 1 aromatic carbocycles. The van der Waals surface area contributed by atoms with Crippen LogP contribution in [-0.4, -0.2) is 0 Å². The maximum absolute atomic E-state index is 2.35. The van der Waals surface area contributed by atoms with Gasteiger partial charge in [-0.1, -0.05) is 42.5 Å². The molecule has 0 atom stereocenters. The van der Waals surface area contributed by atoms with E-state index in [1.807, 2.05) is 0 Å². The van der Waals surface area contributed by atoms with Gasteiger partial charge in [0, 0.05) is 0 Å². The maximum atomic E-state index is 2.35. The summed E-state index contributed by atoms with van der Waals surface area (Å²) in [6, 6.07) is 10.6. The predicted octanol–water partition coefficient (Wildman–Crippen LogP) is 3.20. The van der Waals surface area contributed by atoms with Crippen molar-refractivity contribution >= 4 is 0 Å². The summed E-state index contributed by atoms with van der Waals surface area (Å²) >= 11 is 0. The first-order chi connectivity index (χ1) is 5.95. The average molecular weight is 158 g/mol. The van der Waals surface area contributed by atoms with Gasteiger partial charge in [0.05, 0.1) is 0 Å². The molecule has 0 aliphatic heterocycles. The quantitative estimate of drug-likeness (QED) is 0.592. The van der Waals surface area contributed by atoms with Crippen molar-refractivity contribution < 1.29 is 0 Å². The van der Waals surface area contributed by atoms with E-state index in [2.05, 4.69) is 42.5 Å². The van der Waals surface area contributed by atoms with Crippen LogP contribution in [-0.2, 0) is 6.42 Å². The fraction of sp³-hybridized carbons (Fsp3) is 0.333. The Labute approximate surface area is 73.9 Å². The fourth-order valence-corrected chi connectivity index (χ4v) is 1.30. The molecule has 12 heavy (non-hydrogen) atoms. The summed E-state index contributed by atoms with van der Waals surface area (Å²) in [5.41, 5.74) is 1.41. The third-order valence-electron chi connectivity index (χ3n) is 2.23. The SMILES string of the molecule is C(=C\C1CC1)/Cc1ccccc1. The lowest BCUT2D eigenvalue weighted by atomic mass is 10.1. The number of allylic oxidation sites excluding steroid dienone is 2. The fourth-order valence-electron chi connectivity index (χ4n) is 1.30. The van der Waals surface area contributed by atoms with Crippen LogP contribution in [0.1, 0.15) is 18.4 Å². The molecular formula is C12H14. The highest BCUT2D eigenvalue weighted by Gasteiger charge is 2.16. The normalized spacial score (nSPS) is 17.0. The molecule has 1 aromatic rings. The topological polar surface area (TPSA) is 0 Å². The highest BCUT2D eigenvalue weighted by atomic mass is 14.2. The molecule has 2 rings (SSSR count). The first-order valence-corrected chi connectivity index (χ1v) is 4.66. The first kappa shape index (κ1) is 7.60. The Morgan fingerprint density at radius 2 is 1.92 bits per heavy atom. The Hall–Kier alpha value is -1.04. The van der Waals surface area contributed by atoms with Crippen LogP contribution in [0.25, 0.3) is 0 Å². The van der Waals surface area contributed by atoms with Gasteiger partial charge in [-0.25, -0.2) is 0 Å². The van der Waals surface area contributed by atoms with Gasteiger partial charge in [-0.3, -0.25) is 0 Å². The van der Waals surface area contributed by atoms with Crippen LogP contribution in [0.2, 0.25) is 0 Å². The minimum atomic E-state index is 0.911. The lowest BCUT2D eigenvalue weighted by Gasteiger charge is -1.93. The predicted molar refractivity (Wildman–Crippen MR) is 52.0 cm³/mol. The van der Waals surface area contributed by atoms with Crippen molar-refractivity contribution in [3.8, 4) is 0 Å². The van der Waals surface area contributed by atoms with E-state index in [1.54, 1.807) is 0 Å². The van der Waals surface area contributed by atoms with Crippen LogP contribution in [0.15, 0.2) is 42.5 Å². The zero-order chi connectivity index (χ0) is 8.23. The Morgan fingerprint density at radius 1 is 1.17 bits per heavy atom. The molecule has 0 spiro atoms. The van der Waals surface area contributed by atoms with E-state index in [1.165, 1.54) is 18.4 Å². The van der Waals surface area contributed by atoms with Gasteiger partial charge in [0.2, 0.25) is 0 Å². The average Bonchev–Trinajstić information content (AvgIpc) is 2.90. The zero-order valence-corrected chi connectivity index (χ0v) is 7.24. The van der Waals surface area contributed by atoms with Crippen molar-refractivity contribution in [2.45, 2.75) is 19.3 Å². The highest BCUT2D eigenvalue weighted by molar-refractivity contribution is 5.17. The molecule has 1 aliphatic rings. The molecule has 0 amide bonds. The Kier molecular flexibility index (Phi) is 2.26. The van der Waals surface area contributed by atoms with Crippen LogP contribution >= 0.6 is 0 Å². The van der Waals surface area contributed by atoms with Gasteiger partial charge in [0.25, 0.3) is 0 Å². The number of hydrogen-bond donors (Lipinski definition) is 0. The second-order valence-electron chi connectivity index (χ2n) is 3.46. The van der Waals surface area contributed by atoms with Crippen LogP contribution in [0.4, 0.5) is 0 Å². The standard InChI is InChI=1S/C12H14/c1-2-5-11(6-3-1)7-4-8-12-9-10-12/h1-6,8,12H,7,9-10H2/b8-4+. The second-order valence-corrected chi connectivity index (χ2v) is 3.46. The smallest absolute Gasteiger partial charge is 0.00974 e. The van der Waals surface area contributed by atoms with Crippen molar-refractivity contribution in [3.05, 3.63) is 48.0 Å². The molecule has 0 nitrogen and oxygen atoms in total. The molecule has 0 bridgehead atoms. The summed E-state index contributed by atoms with van der Waals surface area (Å²) in [5.74, 6) is 0.911. The van der Waals surface area contributed by atoms with Crippen LogP contribution < -0.4 is 0 Å². The molecule has 0 saturated heterocycles. The number of hydrogen-bond acceptors (Lipinski definition) is 0. The van der Waals surface area contributed by atoms with E-state index in [4.69, 9.17) is 0 Å². The minimum absolute atomic E-state index is 0.911. The van der Waals surface area contributed by atoms with Crippen molar-refractivity contribution in [1.29, 1.82) is 0 Å². The van der Waals surface area contributed by atoms with Gasteiger partial charge in [-0.2, -0.15) is 0 Å². The van der Waals surface area contributed by atoms with Crippen molar-refractivity contribution in [2.24, 2.45) is 5.92 Å². The van der Waals surface area contributed by atoms with E-state index in [0.717, 1.165) is 12.3 Å². The van der Waals surface area contributed by atoms with Gasteiger partial charge < -0.3 is 0 Å². The maximum Gasteiger partial charge on any atom is -0.00974 e. The van der Waals surface area contributed by atoms with E-state index in [0.29, 0.717) is 0 Å². The Balaban J connectivity index is 1.86. The van der Waals surface area contributed by atoms with E-state index in [9.17, 15) is 0 Å². The third-order valence-corrected chi connectivity index (χ3v) is 2.23. The molecule has 1 saturated carbocycles. The van der Waals surface area contributed by atoms with Gasteiger partial charge in [-0.05, 0) is 30.7 Å². The molecule has 0 heterocycles. The van der Waals surface area contributed by atoms with E-state index >= 15 is 0 Å². The summed E-state index contributed by atoms with van der Waals surface area (Å²) in [6.45, 7) is 0. The summed E-state index contributed by atoms with van der Waals surface area (Å²) in [4.78, 5) is 0. The zero-order valence-electron chi connectivity index (χ0n) is 7.24. The van der Waals surface area contributed by atoms with E-state index in [-0.39, 0.29) is 0 Å². The van der Waals surface area contributed by atoms with Gasteiger partial charge in [-0.15, -0.1) is 0 Å². The molecular weight excluding hydrogens is 144 g/mol. The van der Waals surface area contributed by atoms with Gasteiger partial charge in [0.15, 0.2) is 0 Å². The van der Waals surface area contributed by atoms with E-state index < -0.39 is 0 Å². The molecule has 0 unspecified atom stereocenters. The van der Waals surface area contributed by atoms with Gasteiger partial charge >= 0.3 is 0 Å². The molecule has 0 heteroatoms. The number of benzene rings is 1. The summed E-state index contributed by atoms with van der Waals surface area (Å²) in [7, 11) is 0. The summed E-state index contributed by atoms with van der Waals surface area (Å²) in [5, 5.41) is 0. The highest BCUT2D eigenvalue weighted by Crippen LogP contribution is 2.30. The molecule has 1 aliphatic carbocycles.